The Morgan fingerprint density at radius 2 is 2.11 bits per heavy atom. The SMILES string of the molecule is CCOc1ccc(Cl)c(F)c1C1CN(C(C)C)C1. The molecule has 1 heterocycles. The highest BCUT2D eigenvalue weighted by atomic mass is 35.5. The highest BCUT2D eigenvalue weighted by molar-refractivity contribution is 6.30. The molecule has 1 fully saturated rings. The van der Waals surface area contributed by atoms with E-state index in [4.69, 9.17) is 16.3 Å². The van der Waals surface area contributed by atoms with E-state index in [0.717, 1.165) is 13.1 Å². The van der Waals surface area contributed by atoms with Gasteiger partial charge in [-0.15, -0.1) is 0 Å². The third-order valence-electron chi connectivity index (χ3n) is 3.44. The molecule has 0 amide bonds. The lowest BCUT2D eigenvalue weighted by Crippen LogP contribution is -2.48. The van der Waals surface area contributed by atoms with Crippen molar-refractivity contribution in [3.05, 3.63) is 28.5 Å². The topological polar surface area (TPSA) is 12.5 Å². The fourth-order valence-corrected chi connectivity index (χ4v) is 2.49. The molecule has 1 aliphatic heterocycles. The summed E-state index contributed by atoms with van der Waals surface area (Å²) < 4.78 is 19.7. The van der Waals surface area contributed by atoms with Crippen LogP contribution in [0.25, 0.3) is 0 Å². The van der Waals surface area contributed by atoms with E-state index in [1.807, 2.05) is 6.92 Å². The summed E-state index contributed by atoms with van der Waals surface area (Å²) in [6.07, 6.45) is 0. The smallest absolute Gasteiger partial charge is 0.149 e. The maximum atomic E-state index is 14.2. The maximum absolute atomic E-state index is 14.2. The van der Waals surface area contributed by atoms with E-state index < -0.39 is 0 Å². The van der Waals surface area contributed by atoms with Gasteiger partial charge in [0.05, 0.1) is 11.6 Å². The predicted octanol–water partition coefficient (Wildman–Crippen LogP) is 3.69. The molecule has 0 radical (unpaired) electrons. The molecule has 0 bridgehead atoms. The minimum atomic E-state index is -0.323. The lowest BCUT2D eigenvalue weighted by molar-refractivity contribution is 0.106. The van der Waals surface area contributed by atoms with Crippen molar-refractivity contribution < 1.29 is 9.13 Å². The first-order valence-electron chi connectivity index (χ1n) is 6.39. The zero-order valence-electron chi connectivity index (χ0n) is 11.0. The molecule has 1 aromatic rings. The molecular formula is C14H19ClFNO. The number of halogens is 2. The summed E-state index contributed by atoms with van der Waals surface area (Å²) in [5, 5.41) is 0.177. The first-order chi connectivity index (χ1) is 8.54. The Balaban J connectivity index is 2.24. The summed E-state index contributed by atoms with van der Waals surface area (Å²) >= 11 is 5.87. The van der Waals surface area contributed by atoms with Gasteiger partial charge in [-0.2, -0.15) is 0 Å². The van der Waals surface area contributed by atoms with Crippen LogP contribution in [0.1, 0.15) is 32.3 Å². The van der Waals surface area contributed by atoms with Crippen LogP contribution in [0.2, 0.25) is 5.02 Å². The van der Waals surface area contributed by atoms with Crippen molar-refractivity contribution in [1.82, 2.24) is 4.90 Å². The van der Waals surface area contributed by atoms with E-state index >= 15 is 0 Å². The normalized spacial score (nSPS) is 17.0. The van der Waals surface area contributed by atoms with E-state index in [9.17, 15) is 4.39 Å². The van der Waals surface area contributed by atoms with Gasteiger partial charge in [0.15, 0.2) is 0 Å². The standard InChI is InChI=1S/C14H19ClFNO/c1-4-18-12-6-5-11(15)14(16)13(12)10-7-17(8-10)9(2)3/h5-6,9-10H,4,7-8H2,1-3H3. The second kappa shape index (κ2) is 5.45. The molecule has 2 nitrogen and oxygen atoms in total. The van der Waals surface area contributed by atoms with E-state index in [0.29, 0.717) is 24.0 Å². The maximum Gasteiger partial charge on any atom is 0.149 e. The summed E-state index contributed by atoms with van der Waals surface area (Å²) in [5.41, 5.74) is 0.640. The van der Waals surface area contributed by atoms with E-state index in [2.05, 4.69) is 18.7 Å². The number of benzene rings is 1. The van der Waals surface area contributed by atoms with Gasteiger partial charge in [0.25, 0.3) is 0 Å². The van der Waals surface area contributed by atoms with Crippen molar-refractivity contribution >= 4 is 11.6 Å². The summed E-state index contributed by atoms with van der Waals surface area (Å²) in [4.78, 5) is 2.31. The average molecular weight is 272 g/mol. The molecule has 0 N–H and O–H groups in total. The van der Waals surface area contributed by atoms with Crippen LogP contribution in [0.15, 0.2) is 12.1 Å². The lowest BCUT2D eigenvalue weighted by atomic mass is 9.89. The zero-order valence-corrected chi connectivity index (χ0v) is 11.8. The van der Waals surface area contributed by atoms with Gasteiger partial charge in [-0.1, -0.05) is 11.6 Å². The monoisotopic (exact) mass is 271 g/mol. The molecule has 1 saturated heterocycles. The van der Waals surface area contributed by atoms with Gasteiger partial charge in [0.2, 0.25) is 0 Å². The van der Waals surface area contributed by atoms with Crippen LogP contribution in [0.3, 0.4) is 0 Å². The molecule has 0 atom stereocenters. The first-order valence-corrected chi connectivity index (χ1v) is 6.77. The van der Waals surface area contributed by atoms with Crippen molar-refractivity contribution in [2.24, 2.45) is 0 Å². The Bertz CT molecular complexity index is 430. The molecule has 4 heteroatoms. The predicted molar refractivity (Wildman–Crippen MR) is 72.0 cm³/mol. The number of hydrogen-bond donors (Lipinski definition) is 0. The lowest BCUT2D eigenvalue weighted by Gasteiger charge is -2.42. The third kappa shape index (κ3) is 2.47. The highest BCUT2D eigenvalue weighted by Crippen LogP contribution is 2.38. The van der Waals surface area contributed by atoms with Crippen molar-refractivity contribution in [1.29, 1.82) is 0 Å². The molecule has 0 saturated carbocycles. The number of ether oxygens (including phenoxy) is 1. The summed E-state index contributed by atoms with van der Waals surface area (Å²) in [6.45, 7) is 8.47. The Morgan fingerprint density at radius 1 is 1.44 bits per heavy atom. The van der Waals surface area contributed by atoms with Gasteiger partial charge >= 0.3 is 0 Å². The summed E-state index contributed by atoms with van der Waals surface area (Å²) in [5.74, 6) is 0.497. The van der Waals surface area contributed by atoms with Gasteiger partial charge in [-0.3, -0.25) is 4.90 Å². The molecule has 18 heavy (non-hydrogen) atoms. The van der Waals surface area contributed by atoms with E-state index in [1.165, 1.54) is 0 Å². The molecule has 2 rings (SSSR count). The van der Waals surface area contributed by atoms with Crippen LogP contribution in [0, 0.1) is 5.82 Å². The van der Waals surface area contributed by atoms with Crippen molar-refractivity contribution in [3.8, 4) is 5.75 Å². The van der Waals surface area contributed by atoms with Crippen LogP contribution >= 0.6 is 11.6 Å². The summed E-state index contributed by atoms with van der Waals surface area (Å²) in [6, 6.07) is 3.83. The summed E-state index contributed by atoms with van der Waals surface area (Å²) in [7, 11) is 0. The second-order valence-electron chi connectivity index (χ2n) is 4.95. The zero-order chi connectivity index (χ0) is 13.3. The molecular weight excluding hydrogens is 253 g/mol. The van der Waals surface area contributed by atoms with Gasteiger partial charge in [0.1, 0.15) is 11.6 Å². The molecule has 1 aromatic carbocycles. The number of likely N-dealkylation sites (tertiary alicyclic amines) is 1. The quantitative estimate of drug-likeness (QED) is 0.828. The third-order valence-corrected chi connectivity index (χ3v) is 3.73. The Kier molecular flexibility index (Phi) is 4.13. The van der Waals surface area contributed by atoms with Crippen molar-refractivity contribution in [2.75, 3.05) is 19.7 Å². The minimum Gasteiger partial charge on any atom is -0.493 e. The van der Waals surface area contributed by atoms with Gasteiger partial charge in [-0.05, 0) is 32.9 Å². The Labute approximate surface area is 113 Å². The van der Waals surface area contributed by atoms with E-state index in [-0.39, 0.29) is 16.8 Å². The van der Waals surface area contributed by atoms with E-state index in [1.54, 1.807) is 12.1 Å². The average Bonchev–Trinajstić information content (AvgIpc) is 2.25. The first kappa shape index (κ1) is 13.6. The van der Waals surface area contributed by atoms with Crippen LogP contribution in [-0.4, -0.2) is 30.6 Å². The number of rotatable bonds is 4. The Hall–Kier alpha value is -0.800. The minimum absolute atomic E-state index is 0.177. The van der Waals surface area contributed by atoms with Crippen LogP contribution < -0.4 is 4.74 Å². The van der Waals surface area contributed by atoms with Gasteiger partial charge < -0.3 is 4.74 Å². The van der Waals surface area contributed by atoms with Crippen LogP contribution in [0.4, 0.5) is 4.39 Å². The van der Waals surface area contributed by atoms with Crippen LogP contribution in [-0.2, 0) is 0 Å². The largest absolute Gasteiger partial charge is 0.493 e. The fraction of sp³-hybridized carbons (Fsp3) is 0.571. The molecule has 0 aliphatic carbocycles. The fourth-order valence-electron chi connectivity index (χ4n) is 2.33. The van der Waals surface area contributed by atoms with Crippen molar-refractivity contribution in [3.63, 3.8) is 0 Å². The number of hydrogen-bond acceptors (Lipinski definition) is 2. The van der Waals surface area contributed by atoms with Gasteiger partial charge in [-0.25, -0.2) is 4.39 Å². The Morgan fingerprint density at radius 3 is 2.67 bits per heavy atom. The molecule has 0 aromatic heterocycles. The highest BCUT2D eigenvalue weighted by Gasteiger charge is 2.34. The van der Waals surface area contributed by atoms with Gasteiger partial charge in [0, 0.05) is 30.6 Å². The van der Waals surface area contributed by atoms with Crippen molar-refractivity contribution in [2.45, 2.75) is 32.7 Å². The molecule has 0 spiro atoms. The molecule has 100 valence electrons. The molecule has 0 unspecified atom stereocenters. The van der Waals surface area contributed by atoms with Crippen LogP contribution in [0.5, 0.6) is 5.75 Å². The number of nitrogens with zero attached hydrogens (tertiary/aromatic N) is 1. The second-order valence-corrected chi connectivity index (χ2v) is 5.36. The molecule has 1 aliphatic rings.